The minimum Gasteiger partial charge on any atom is -0.393 e. The summed E-state index contributed by atoms with van der Waals surface area (Å²) in [6.07, 6.45) is 2.34. The van der Waals surface area contributed by atoms with Crippen molar-refractivity contribution in [2.45, 2.75) is 26.0 Å². The second-order valence-corrected chi connectivity index (χ2v) is 5.03. The van der Waals surface area contributed by atoms with Crippen LogP contribution < -0.4 is 5.73 Å². The van der Waals surface area contributed by atoms with E-state index >= 15 is 0 Å². The average Bonchev–Trinajstić information content (AvgIpc) is 2.34. The zero-order valence-electron chi connectivity index (χ0n) is 10.6. The molecule has 1 aromatic heterocycles. The van der Waals surface area contributed by atoms with Crippen molar-refractivity contribution in [3.8, 4) is 0 Å². The largest absolute Gasteiger partial charge is 0.393 e. The van der Waals surface area contributed by atoms with Crippen molar-refractivity contribution >= 4 is 5.84 Å². The molecule has 0 amide bonds. The second-order valence-electron chi connectivity index (χ2n) is 5.03. The molecule has 18 heavy (non-hydrogen) atoms. The van der Waals surface area contributed by atoms with Crippen molar-refractivity contribution in [1.29, 1.82) is 5.41 Å². The molecule has 2 atom stereocenters. The number of hydrogen-bond acceptors (Lipinski definition) is 4. The van der Waals surface area contributed by atoms with E-state index in [0.717, 1.165) is 31.6 Å². The fourth-order valence-corrected chi connectivity index (χ4v) is 2.34. The van der Waals surface area contributed by atoms with Gasteiger partial charge in [-0.3, -0.25) is 15.3 Å². The van der Waals surface area contributed by atoms with Gasteiger partial charge in [-0.05, 0) is 30.0 Å². The highest BCUT2D eigenvalue weighted by atomic mass is 16.3. The monoisotopic (exact) mass is 248 g/mol. The number of aliphatic hydroxyl groups excluding tert-OH is 1. The van der Waals surface area contributed by atoms with E-state index in [9.17, 15) is 5.11 Å². The van der Waals surface area contributed by atoms with Crippen LogP contribution in [0.4, 0.5) is 0 Å². The molecule has 2 rings (SSSR count). The summed E-state index contributed by atoms with van der Waals surface area (Å²) < 4.78 is 0. The molecule has 5 nitrogen and oxygen atoms in total. The molecule has 0 radical (unpaired) electrons. The number of rotatable bonds is 3. The van der Waals surface area contributed by atoms with Crippen LogP contribution in [0.3, 0.4) is 0 Å². The maximum atomic E-state index is 9.70. The minimum atomic E-state index is -0.175. The number of aromatic nitrogens is 1. The predicted molar refractivity (Wildman–Crippen MR) is 70.3 cm³/mol. The highest BCUT2D eigenvalue weighted by molar-refractivity contribution is 5.93. The summed E-state index contributed by atoms with van der Waals surface area (Å²) in [5.74, 6) is 0.312. The number of amidine groups is 1. The number of piperidine rings is 1. The zero-order valence-corrected chi connectivity index (χ0v) is 10.6. The van der Waals surface area contributed by atoms with Gasteiger partial charge < -0.3 is 10.8 Å². The molecular formula is C13H20N4O. The number of hydrogen-bond donors (Lipinski definition) is 3. The summed E-state index contributed by atoms with van der Waals surface area (Å²) in [6, 6.07) is 3.81. The van der Waals surface area contributed by atoms with Crippen LogP contribution in [0.5, 0.6) is 0 Å². The Bertz CT molecular complexity index is 435. The Kier molecular flexibility index (Phi) is 3.93. The number of likely N-dealkylation sites (tertiary alicyclic amines) is 1. The van der Waals surface area contributed by atoms with Crippen molar-refractivity contribution in [2.24, 2.45) is 11.7 Å². The third-order valence-electron chi connectivity index (χ3n) is 3.45. The summed E-state index contributed by atoms with van der Waals surface area (Å²) in [6.45, 7) is 4.70. The van der Waals surface area contributed by atoms with Gasteiger partial charge in [0.15, 0.2) is 0 Å². The Labute approximate surface area is 107 Å². The maximum absolute atomic E-state index is 9.70. The molecule has 0 saturated carbocycles. The van der Waals surface area contributed by atoms with Crippen LogP contribution in [0.15, 0.2) is 18.3 Å². The first-order chi connectivity index (χ1) is 8.56. The third-order valence-corrected chi connectivity index (χ3v) is 3.45. The van der Waals surface area contributed by atoms with Crippen LogP contribution in [0, 0.1) is 11.3 Å². The van der Waals surface area contributed by atoms with E-state index in [2.05, 4.69) is 16.8 Å². The minimum absolute atomic E-state index is 0.000663. The Morgan fingerprint density at radius 2 is 2.44 bits per heavy atom. The lowest BCUT2D eigenvalue weighted by Crippen LogP contribution is -2.41. The molecule has 0 spiro atoms. The topological polar surface area (TPSA) is 86.2 Å². The van der Waals surface area contributed by atoms with E-state index < -0.39 is 0 Å². The molecule has 0 aliphatic carbocycles. The van der Waals surface area contributed by atoms with Crippen molar-refractivity contribution in [3.05, 3.63) is 29.6 Å². The average molecular weight is 248 g/mol. The summed E-state index contributed by atoms with van der Waals surface area (Å²) in [4.78, 5) is 6.37. The molecule has 2 unspecified atom stereocenters. The number of nitrogens with zero attached hydrogens (tertiary/aromatic N) is 2. The lowest BCUT2D eigenvalue weighted by molar-refractivity contribution is 0.0320. The molecular weight excluding hydrogens is 228 g/mol. The van der Waals surface area contributed by atoms with E-state index in [4.69, 9.17) is 11.1 Å². The van der Waals surface area contributed by atoms with Crippen molar-refractivity contribution < 1.29 is 5.11 Å². The number of aliphatic hydroxyl groups is 1. The summed E-state index contributed by atoms with van der Waals surface area (Å²) in [7, 11) is 0. The Morgan fingerprint density at radius 3 is 3.11 bits per heavy atom. The molecule has 0 bridgehead atoms. The van der Waals surface area contributed by atoms with Crippen molar-refractivity contribution in [2.75, 3.05) is 13.1 Å². The van der Waals surface area contributed by atoms with Gasteiger partial charge >= 0.3 is 0 Å². The zero-order chi connectivity index (χ0) is 13.1. The van der Waals surface area contributed by atoms with Crippen LogP contribution in [0.25, 0.3) is 0 Å². The molecule has 1 aromatic rings. The van der Waals surface area contributed by atoms with Crippen molar-refractivity contribution in [3.63, 3.8) is 0 Å². The smallest absolute Gasteiger partial charge is 0.141 e. The number of pyridine rings is 1. The van der Waals surface area contributed by atoms with Gasteiger partial charge in [-0.25, -0.2) is 0 Å². The van der Waals surface area contributed by atoms with E-state index in [-0.39, 0.29) is 11.9 Å². The maximum Gasteiger partial charge on any atom is 0.141 e. The molecule has 1 aliphatic heterocycles. The van der Waals surface area contributed by atoms with Crippen LogP contribution in [0.2, 0.25) is 0 Å². The van der Waals surface area contributed by atoms with Gasteiger partial charge in [-0.1, -0.05) is 6.92 Å². The highest BCUT2D eigenvalue weighted by Crippen LogP contribution is 2.18. The van der Waals surface area contributed by atoms with Gasteiger partial charge in [0.1, 0.15) is 11.5 Å². The lowest BCUT2D eigenvalue weighted by Gasteiger charge is -2.34. The van der Waals surface area contributed by atoms with Gasteiger partial charge in [0.05, 0.1) is 6.10 Å². The highest BCUT2D eigenvalue weighted by Gasteiger charge is 2.23. The fourth-order valence-electron chi connectivity index (χ4n) is 2.34. The van der Waals surface area contributed by atoms with E-state index in [1.165, 1.54) is 0 Å². The number of nitrogen functional groups attached to an aromatic ring is 1. The SMILES string of the molecule is CC1CN(Cc2ccnc(C(=N)N)c2)CCC1O. The van der Waals surface area contributed by atoms with E-state index in [1.54, 1.807) is 6.20 Å². The fraction of sp³-hybridized carbons (Fsp3) is 0.538. The first kappa shape index (κ1) is 13.0. The summed E-state index contributed by atoms with van der Waals surface area (Å²) in [5, 5.41) is 17.1. The second kappa shape index (κ2) is 5.46. The summed E-state index contributed by atoms with van der Waals surface area (Å²) in [5.41, 5.74) is 7.07. The molecule has 0 aromatic carbocycles. The number of nitrogens with one attached hydrogen (secondary N) is 1. The van der Waals surface area contributed by atoms with E-state index in [1.807, 2.05) is 12.1 Å². The molecule has 98 valence electrons. The Balaban J connectivity index is 2.01. The molecule has 1 saturated heterocycles. The van der Waals surface area contributed by atoms with Crippen LogP contribution in [-0.4, -0.2) is 40.0 Å². The predicted octanol–water partition coefficient (Wildman–Crippen LogP) is 0.568. The molecule has 4 N–H and O–H groups in total. The molecule has 1 fully saturated rings. The lowest BCUT2D eigenvalue weighted by atomic mass is 9.96. The first-order valence-electron chi connectivity index (χ1n) is 6.26. The third kappa shape index (κ3) is 3.05. The van der Waals surface area contributed by atoms with Gasteiger partial charge in [-0.15, -0.1) is 0 Å². The van der Waals surface area contributed by atoms with Crippen molar-refractivity contribution in [1.82, 2.24) is 9.88 Å². The van der Waals surface area contributed by atoms with Gasteiger partial charge in [-0.2, -0.15) is 0 Å². The van der Waals surface area contributed by atoms with Gasteiger partial charge in [0, 0.05) is 25.8 Å². The first-order valence-corrected chi connectivity index (χ1v) is 6.26. The molecule has 2 heterocycles. The van der Waals surface area contributed by atoms with Crippen LogP contribution >= 0.6 is 0 Å². The van der Waals surface area contributed by atoms with Gasteiger partial charge in [0.2, 0.25) is 0 Å². The van der Waals surface area contributed by atoms with Gasteiger partial charge in [0.25, 0.3) is 0 Å². The normalized spacial score (nSPS) is 25.0. The van der Waals surface area contributed by atoms with Crippen LogP contribution in [-0.2, 0) is 6.54 Å². The Hall–Kier alpha value is -1.46. The van der Waals surface area contributed by atoms with E-state index in [0.29, 0.717) is 11.6 Å². The quantitative estimate of drug-likeness (QED) is 0.539. The summed E-state index contributed by atoms with van der Waals surface area (Å²) >= 11 is 0. The van der Waals surface area contributed by atoms with Crippen LogP contribution in [0.1, 0.15) is 24.6 Å². The molecule has 5 heteroatoms. The number of nitrogens with two attached hydrogens (primary N) is 1. The Morgan fingerprint density at radius 1 is 1.67 bits per heavy atom. The standard InChI is InChI=1S/C13H20N4O/c1-9-7-17(5-3-12(9)18)8-10-2-4-16-11(6-10)13(14)15/h2,4,6,9,12,18H,3,5,7-8H2,1H3,(H3,14,15). The molecule has 1 aliphatic rings.